The molecule has 0 spiro atoms. The van der Waals surface area contributed by atoms with Gasteiger partial charge in [0, 0.05) is 12.8 Å². The van der Waals surface area contributed by atoms with Crippen molar-refractivity contribution in [3.63, 3.8) is 0 Å². The minimum Gasteiger partial charge on any atom is -0.481 e. The highest BCUT2D eigenvalue weighted by Gasteiger charge is 2.04. The maximum absolute atomic E-state index is 10.5. The predicted molar refractivity (Wildman–Crippen MR) is 76.4 cm³/mol. The van der Waals surface area contributed by atoms with E-state index >= 15 is 0 Å². The Morgan fingerprint density at radius 1 is 1.00 bits per heavy atom. The van der Waals surface area contributed by atoms with Gasteiger partial charge in [0.1, 0.15) is 11.5 Å². The normalized spacial score (nSPS) is 10.8. The minimum absolute atomic E-state index is 0.143. The highest BCUT2D eigenvalue weighted by molar-refractivity contribution is 5.66. The van der Waals surface area contributed by atoms with Crippen molar-refractivity contribution in [2.45, 2.75) is 71.1 Å². The van der Waals surface area contributed by atoms with Crippen molar-refractivity contribution in [1.29, 1.82) is 0 Å². The summed E-state index contributed by atoms with van der Waals surface area (Å²) in [5, 5.41) is 8.60. The van der Waals surface area contributed by atoms with Crippen molar-refractivity contribution in [3.05, 3.63) is 23.7 Å². The third kappa shape index (κ3) is 7.70. The van der Waals surface area contributed by atoms with Gasteiger partial charge in [-0.3, -0.25) is 4.79 Å². The van der Waals surface area contributed by atoms with E-state index in [1.165, 1.54) is 38.5 Å². The first-order valence-electron chi connectivity index (χ1n) is 7.51. The molecule has 19 heavy (non-hydrogen) atoms. The zero-order chi connectivity index (χ0) is 13.9. The Bertz CT molecular complexity index is 355. The third-order valence-corrected chi connectivity index (χ3v) is 3.33. The van der Waals surface area contributed by atoms with Crippen LogP contribution in [0.2, 0.25) is 0 Å². The number of hydrogen-bond acceptors (Lipinski definition) is 2. The SMILES string of the molecule is CCCCCCCCCc1ccc(CCC(=O)O)o1. The number of carbonyl (C=O) groups is 1. The van der Waals surface area contributed by atoms with E-state index < -0.39 is 5.97 Å². The number of hydrogen-bond donors (Lipinski definition) is 1. The van der Waals surface area contributed by atoms with Crippen LogP contribution in [0.1, 0.15) is 69.8 Å². The van der Waals surface area contributed by atoms with Gasteiger partial charge in [0.2, 0.25) is 0 Å². The fourth-order valence-corrected chi connectivity index (χ4v) is 2.18. The average Bonchev–Trinajstić information content (AvgIpc) is 2.83. The summed E-state index contributed by atoms with van der Waals surface area (Å²) >= 11 is 0. The highest BCUT2D eigenvalue weighted by Crippen LogP contribution is 2.14. The maximum atomic E-state index is 10.5. The molecule has 1 aromatic rings. The molecular formula is C16H26O3. The Morgan fingerprint density at radius 3 is 2.21 bits per heavy atom. The van der Waals surface area contributed by atoms with Crippen LogP contribution in [0.3, 0.4) is 0 Å². The number of rotatable bonds is 11. The van der Waals surface area contributed by atoms with Crippen LogP contribution in [0.5, 0.6) is 0 Å². The lowest BCUT2D eigenvalue weighted by Gasteiger charge is -2.00. The number of carboxylic acids is 1. The van der Waals surface area contributed by atoms with Crippen LogP contribution in [-0.4, -0.2) is 11.1 Å². The fourth-order valence-electron chi connectivity index (χ4n) is 2.18. The van der Waals surface area contributed by atoms with Crippen LogP contribution in [0.25, 0.3) is 0 Å². The Kier molecular flexibility index (Phi) is 8.03. The molecule has 0 aromatic carbocycles. The quantitative estimate of drug-likeness (QED) is 0.596. The summed E-state index contributed by atoms with van der Waals surface area (Å²) in [5.41, 5.74) is 0. The topological polar surface area (TPSA) is 50.4 Å². The van der Waals surface area contributed by atoms with Crippen LogP contribution in [0.15, 0.2) is 16.5 Å². The van der Waals surface area contributed by atoms with Gasteiger partial charge in [0.15, 0.2) is 0 Å². The van der Waals surface area contributed by atoms with Gasteiger partial charge < -0.3 is 9.52 Å². The van der Waals surface area contributed by atoms with E-state index in [-0.39, 0.29) is 6.42 Å². The summed E-state index contributed by atoms with van der Waals surface area (Å²) in [4.78, 5) is 10.5. The Hall–Kier alpha value is -1.25. The van der Waals surface area contributed by atoms with Crippen LogP contribution >= 0.6 is 0 Å². The molecule has 0 saturated carbocycles. The lowest BCUT2D eigenvalue weighted by Crippen LogP contribution is -1.96. The fraction of sp³-hybridized carbons (Fsp3) is 0.688. The highest BCUT2D eigenvalue weighted by atomic mass is 16.4. The standard InChI is InChI=1S/C16H26O3/c1-2-3-4-5-6-7-8-9-14-10-11-15(19-14)12-13-16(17)18/h10-11H,2-9,12-13H2,1H3,(H,17,18). The summed E-state index contributed by atoms with van der Waals surface area (Å²) in [7, 11) is 0. The predicted octanol–water partition coefficient (Wildman–Crippen LogP) is 4.59. The number of carboxylic acid groups (broad SMARTS) is 1. The molecule has 0 aliphatic heterocycles. The second-order valence-corrected chi connectivity index (χ2v) is 5.13. The van der Waals surface area contributed by atoms with Crippen molar-refractivity contribution in [3.8, 4) is 0 Å². The van der Waals surface area contributed by atoms with E-state index in [1.54, 1.807) is 0 Å². The van der Waals surface area contributed by atoms with Gasteiger partial charge in [-0.2, -0.15) is 0 Å². The van der Waals surface area contributed by atoms with Gasteiger partial charge in [-0.05, 0) is 18.6 Å². The van der Waals surface area contributed by atoms with Crippen LogP contribution in [-0.2, 0) is 17.6 Å². The number of aryl methyl sites for hydroxylation is 2. The second-order valence-electron chi connectivity index (χ2n) is 5.13. The van der Waals surface area contributed by atoms with Gasteiger partial charge in [0.05, 0.1) is 6.42 Å². The molecule has 0 aliphatic rings. The summed E-state index contributed by atoms with van der Waals surface area (Å²) < 4.78 is 5.62. The first-order valence-corrected chi connectivity index (χ1v) is 7.51. The first kappa shape index (κ1) is 15.8. The van der Waals surface area contributed by atoms with Gasteiger partial charge >= 0.3 is 5.97 Å². The molecule has 0 amide bonds. The summed E-state index contributed by atoms with van der Waals surface area (Å²) in [6.45, 7) is 2.23. The Morgan fingerprint density at radius 2 is 1.58 bits per heavy atom. The van der Waals surface area contributed by atoms with Gasteiger partial charge in [-0.25, -0.2) is 0 Å². The molecule has 3 nitrogen and oxygen atoms in total. The van der Waals surface area contributed by atoms with Gasteiger partial charge in [-0.1, -0.05) is 45.4 Å². The van der Waals surface area contributed by atoms with Crippen molar-refractivity contribution >= 4 is 5.97 Å². The molecule has 1 heterocycles. The van der Waals surface area contributed by atoms with Crippen molar-refractivity contribution in [2.24, 2.45) is 0 Å². The van der Waals surface area contributed by atoms with Crippen molar-refractivity contribution in [2.75, 3.05) is 0 Å². The van der Waals surface area contributed by atoms with E-state index in [9.17, 15) is 4.79 Å². The lowest BCUT2D eigenvalue weighted by atomic mass is 10.1. The van der Waals surface area contributed by atoms with Gasteiger partial charge in [0.25, 0.3) is 0 Å². The number of aliphatic carboxylic acids is 1. The molecule has 3 heteroatoms. The molecule has 0 saturated heterocycles. The second kappa shape index (κ2) is 9.65. The number of unbranched alkanes of at least 4 members (excludes halogenated alkanes) is 6. The molecule has 0 aliphatic carbocycles. The number of furan rings is 1. The summed E-state index contributed by atoms with van der Waals surface area (Å²) in [6, 6.07) is 3.88. The molecule has 108 valence electrons. The van der Waals surface area contributed by atoms with E-state index in [0.29, 0.717) is 6.42 Å². The Labute approximate surface area is 116 Å². The summed E-state index contributed by atoms with van der Waals surface area (Å²) in [5.74, 6) is 1.01. The smallest absolute Gasteiger partial charge is 0.303 e. The maximum Gasteiger partial charge on any atom is 0.303 e. The first-order chi connectivity index (χ1) is 9.22. The molecule has 0 radical (unpaired) electrons. The average molecular weight is 266 g/mol. The third-order valence-electron chi connectivity index (χ3n) is 3.33. The monoisotopic (exact) mass is 266 g/mol. The largest absolute Gasteiger partial charge is 0.481 e. The van der Waals surface area contributed by atoms with Crippen molar-refractivity contribution in [1.82, 2.24) is 0 Å². The molecule has 0 bridgehead atoms. The minimum atomic E-state index is -0.773. The van der Waals surface area contributed by atoms with Gasteiger partial charge in [-0.15, -0.1) is 0 Å². The molecule has 0 fully saturated rings. The van der Waals surface area contributed by atoms with Crippen molar-refractivity contribution < 1.29 is 14.3 Å². The Balaban J connectivity index is 2.07. The lowest BCUT2D eigenvalue weighted by molar-refractivity contribution is -0.137. The zero-order valence-corrected chi connectivity index (χ0v) is 12.0. The molecule has 1 aromatic heterocycles. The van der Waals surface area contributed by atoms with Crippen LogP contribution in [0.4, 0.5) is 0 Å². The van der Waals surface area contributed by atoms with E-state index in [2.05, 4.69) is 6.92 Å². The zero-order valence-electron chi connectivity index (χ0n) is 12.0. The molecular weight excluding hydrogens is 240 g/mol. The van der Waals surface area contributed by atoms with Crippen LogP contribution in [0, 0.1) is 0 Å². The molecule has 0 unspecified atom stereocenters. The molecule has 1 rings (SSSR count). The van der Waals surface area contributed by atoms with E-state index in [4.69, 9.17) is 9.52 Å². The molecule has 1 N–H and O–H groups in total. The van der Waals surface area contributed by atoms with Crippen LogP contribution < -0.4 is 0 Å². The summed E-state index contributed by atoms with van der Waals surface area (Å²) in [6.07, 6.45) is 10.7. The van der Waals surface area contributed by atoms with E-state index in [1.807, 2.05) is 12.1 Å². The molecule has 0 atom stereocenters. The van der Waals surface area contributed by atoms with E-state index in [0.717, 1.165) is 24.4 Å².